The molecule has 2 aromatic carbocycles. The normalized spacial score (nSPS) is 10.4. The molecule has 0 saturated carbocycles. The Hall–Kier alpha value is -3.28. The fourth-order valence-corrected chi connectivity index (χ4v) is 1.96. The maximum absolute atomic E-state index is 12.0. The third-order valence-electron chi connectivity index (χ3n) is 3.02. The number of carbonyl (C=O) groups is 2. The highest BCUT2D eigenvalue weighted by Crippen LogP contribution is 2.19. The van der Waals surface area contributed by atoms with E-state index in [4.69, 9.17) is 14.6 Å². The Morgan fingerprint density at radius 2 is 1.96 bits per heavy atom. The molecular formula is C18H17NO5. The topological polar surface area (TPSA) is 84.9 Å². The van der Waals surface area contributed by atoms with Crippen LogP contribution in [-0.2, 0) is 9.59 Å². The third kappa shape index (κ3) is 5.17. The second-order valence-corrected chi connectivity index (χ2v) is 4.77. The third-order valence-corrected chi connectivity index (χ3v) is 3.02. The number of hydrogen-bond acceptors (Lipinski definition) is 4. The van der Waals surface area contributed by atoms with E-state index in [-0.39, 0.29) is 5.91 Å². The molecule has 2 rings (SSSR count). The van der Waals surface area contributed by atoms with Crippen LogP contribution in [0.1, 0.15) is 5.56 Å². The first-order valence-electron chi connectivity index (χ1n) is 7.15. The minimum atomic E-state index is -1.07. The Bertz CT molecular complexity index is 755. The van der Waals surface area contributed by atoms with E-state index < -0.39 is 12.6 Å². The summed E-state index contributed by atoms with van der Waals surface area (Å²) < 4.78 is 10.3. The van der Waals surface area contributed by atoms with Crippen LogP contribution in [0, 0.1) is 0 Å². The van der Waals surface area contributed by atoms with Crippen LogP contribution in [-0.4, -0.2) is 30.7 Å². The molecule has 0 aliphatic heterocycles. The molecule has 0 spiro atoms. The summed E-state index contributed by atoms with van der Waals surface area (Å²) in [5.41, 5.74) is 1.29. The van der Waals surface area contributed by atoms with Crippen molar-refractivity contribution in [3.8, 4) is 11.5 Å². The smallest absolute Gasteiger partial charge is 0.341 e. The quantitative estimate of drug-likeness (QED) is 0.764. The Kier molecular flexibility index (Phi) is 5.96. The monoisotopic (exact) mass is 327 g/mol. The van der Waals surface area contributed by atoms with Gasteiger partial charge in [-0.3, -0.25) is 4.79 Å². The number of rotatable bonds is 7. The van der Waals surface area contributed by atoms with Gasteiger partial charge >= 0.3 is 5.97 Å². The summed E-state index contributed by atoms with van der Waals surface area (Å²) in [6, 6.07) is 13.9. The highest BCUT2D eigenvalue weighted by atomic mass is 16.5. The molecule has 24 heavy (non-hydrogen) atoms. The SMILES string of the molecule is COc1ccccc1/C=C/C(=O)Nc1cccc(OCC(=O)O)c1. The van der Waals surface area contributed by atoms with Crippen molar-refractivity contribution < 1.29 is 24.2 Å². The van der Waals surface area contributed by atoms with E-state index in [0.717, 1.165) is 5.56 Å². The van der Waals surface area contributed by atoms with Crippen LogP contribution in [0.4, 0.5) is 5.69 Å². The maximum Gasteiger partial charge on any atom is 0.341 e. The lowest BCUT2D eigenvalue weighted by atomic mass is 10.2. The molecule has 0 heterocycles. The lowest BCUT2D eigenvalue weighted by Crippen LogP contribution is -2.10. The second kappa shape index (κ2) is 8.38. The van der Waals surface area contributed by atoms with Gasteiger partial charge in [0.1, 0.15) is 11.5 Å². The molecule has 124 valence electrons. The van der Waals surface area contributed by atoms with Gasteiger partial charge in [-0.2, -0.15) is 0 Å². The van der Waals surface area contributed by atoms with Gasteiger partial charge < -0.3 is 19.9 Å². The molecule has 0 bridgehead atoms. The average Bonchev–Trinajstić information content (AvgIpc) is 2.58. The van der Waals surface area contributed by atoms with Crippen molar-refractivity contribution in [3.05, 3.63) is 60.2 Å². The fraction of sp³-hybridized carbons (Fsp3) is 0.111. The van der Waals surface area contributed by atoms with E-state index in [1.54, 1.807) is 43.5 Å². The predicted octanol–water partition coefficient (Wildman–Crippen LogP) is 2.81. The van der Waals surface area contributed by atoms with Gasteiger partial charge in [0.25, 0.3) is 0 Å². The van der Waals surface area contributed by atoms with Crippen LogP contribution in [0.25, 0.3) is 6.08 Å². The van der Waals surface area contributed by atoms with Gasteiger partial charge in [-0.05, 0) is 24.3 Å². The van der Waals surface area contributed by atoms with Crippen molar-refractivity contribution in [1.82, 2.24) is 0 Å². The number of para-hydroxylation sites is 1. The van der Waals surface area contributed by atoms with Crippen LogP contribution in [0.3, 0.4) is 0 Å². The molecule has 1 amide bonds. The van der Waals surface area contributed by atoms with Crippen molar-refractivity contribution in [2.75, 3.05) is 19.0 Å². The number of benzene rings is 2. The first-order valence-corrected chi connectivity index (χ1v) is 7.15. The maximum atomic E-state index is 12.0. The van der Waals surface area contributed by atoms with E-state index in [1.807, 2.05) is 18.2 Å². The zero-order valence-corrected chi connectivity index (χ0v) is 13.1. The molecule has 0 fully saturated rings. The first-order chi connectivity index (χ1) is 11.6. The van der Waals surface area contributed by atoms with Gasteiger partial charge in [0, 0.05) is 23.4 Å². The molecule has 0 atom stereocenters. The zero-order valence-electron chi connectivity index (χ0n) is 13.1. The number of nitrogens with one attached hydrogen (secondary N) is 1. The summed E-state index contributed by atoms with van der Waals surface area (Å²) in [5, 5.41) is 11.3. The molecule has 6 heteroatoms. The number of ether oxygens (including phenoxy) is 2. The molecule has 2 aromatic rings. The molecule has 0 aliphatic carbocycles. The van der Waals surface area contributed by atoms with Gasteiger partial charge in [-0.1, -0.05) is 24.3 Å². The average molecular weight is 327 g/mol. The van der Waals surface area contributed by atoms with Crippen LogP contribution in [0.15, 0.2) is 54.6 Å². The molecular weight excluding hydrogens is 310 g/mol. The highest BCUT2D eigenvalue weighted by Gasteiger charge is 2.03. The number of carboxylic acids is 1. The summed E-state index contributed by atoms with van der Waals surface area (Å²) in [7, 11) is 1.56. The molecule has 0 saturated heterocycles. The number of aliphatic carboxylic acids is 1. The van der Waals surface area contributed by atoms with Crippen LogP contribution < -0.4 is 14.8 Å². The fourth-order valence-electron chi connectivity index (χ4n) is 1.96. The Labute approximate surface area is 139 Å². The summed E-state index contributed by atoms with van der Waals surface area (Å²) in [6.07, 6.45) is 3.04. The molecule has 0 aliphatic rings. The number of methoxy groups -OCH3 is 1. The predicted molar refractivity (Wildman–Crippen MR) is 90.2 cm³/mol. The van der Waals surface area contributed by atoms with Gasteiger partial charge in [-0.25, -0.2) is 4.79 Å². The minimum Gasteiger partial charge on any atom is -0.496 e. The van der Waals surface area contributed by atoms with Gasteiger partial charge in [0.2, 0.25) is 5.91 Å². The van der Waals surface area contributed by atoms with Crippen molar-refractivity contribution >= 4 is 23.6 Å². The number of carboxylic acid groups (broad SMARTS) is 1. The largest absolute Gasteiger partial charge is 0.496 e. The van der Waals surface area contributed by atoms with Gasteiger partial charge in [0.15, 0.2) is 6.61 Å². The highest BCUT2D eigenvalue weighted by molar-refractivity contribution is 6.02. The van der Waals surface area contributed by atoms with Gasteiger partial charge in [0.05, 0.1) is 7.11 Å². The zero-order chi connectivity index (χ0) is 17.4. The second-order valence-electron chi connectivity index (χ2n) is 4.77. The van der Waals surface area contributed by atoms with Crippen molar-refractivity contribution in [2.45, 2.75) is 0 Å². The minimum absolute atomic E-state index is 0.323. The van der Waals surface area contributed by atoms with Crippen LogP contribution >= 0.6 is 0 Å². The van der Waals surface area contributed by atoms with E-state index in [1.165, 1.54) is 6.08 Å². The molecule has 0 unspecified atom stereocenters. The number of hydrogen-bond donors (Lipinski definition) is 2. The summed E-state index contributed by atoms with van der Waals surface area (Å²) >= 11 is 0. The Morgan fingerprint density at radius 3 is 2.71 bits per heavy atom. The van der Waals surface area contributed by atoms with E-state index in [9.17, 15) is 9.59 Å². The molecule has 6 nitrogen and oxygen atoms in total. The van der Waals surface area contributed by atoms with Crippen LogP contribution in [0.5, 0.6) is 11.5 Å². The number of anilines is 1. The standard InChI is InChI=1S/C18H17NO5/c1-23-16-8-3-2-5-13(16)9-10-17(20)19-14-6-4-7-15(11-14)24-12-18(21)22/h2-11H,12H2,1H3,(H,19,20)(H,21,22)/b10-9+. The summed E-state index contributed by atoms with van der Waals surface area (Å²) in [4.78, 5) is 22.5. The Morgan fingerprint density at radius 1 is 1.17 bits per heavy atom. The lowest BCUT2D eigenvalue weighted by Gasteiger charge is -2.07. The molecule has 0 radical (unpaired) electrons. The number of carbonyl (C=O) groups excluding carboxylic acids is 1. The van der Waals surface area contributed by atoms with E-state index in [2.05, 4.69) is 5.32 Å². The molecule has 0 aromatic heterocycles. The first kappa shape index (κ1) is 17.1. The van der Waals surface area contributed by atoms with E-state index >= 15 is 0 Å². The van der Waals surface area contributed by atoms with Crippen molar-refractivity contribution in [1.29, 1.82) is 0 Å². The summed E-state index contributed by atoms with van der Waals surface area (Å²) in [6.45, 7) is -0.439. The Balaban J connectivity index is 2.00. The van der Waals surface area contributed by atoms with E-state index in [0.29, 0.717) is 17.2 Å². The van der Waals surface area contributed by atoms with Gasteiger partial charge in [-0.15, -0.1) is 0 Å². The lowest BCUT2D eigenvalue weighted by molar-refractivity contribution is -0.139. The summed E-state index contributed by atoms with van der Waals surface area (Å²) in [5.74, 6) is -0.352. The van der Waals surface area contributed by atoms with Crippen molar-refractivity contribution in [3.63, 3.8) is 0 Å². The van der Waals surface area contributed by atoms with Crippen molar-refractivity contribution in [2.24, 2.45) is 0 Å². The molecule has 2 N–H and O–H groups in total. The van der Waals surface area contributed by atoms with Crippen LogP contribution in [0.2, 0.25) is 0 Å². The number of amides is 1.